The number of halogens is 2. The Hall–Kier alpha value is -4.79. The van der Waals surface area contributed by atoms with Crippen LogP contribution >= 0.6 is 22.2 Å². The highest BCUT2D eigenvalue weighted by Gasteiger charge is 2.78. The van der Waals surface area contributed by atoms with E-state index in [9.17, 15) is 0 Å². The van der Waals surface area contributed by atoms with Crippen molar-refractivity contribution in [3.8, 4) is 0 Å². The van der Waals surface area contributed by atoms with Crippen molar-refractivity contribution < 1.29 is 0 Å². The second-order valence-corrected chi connectivity index (χ2v) is 46.4. The van der Waals surface area contributed by atoms with Crippen LogP contribution in [0.3, 0.4) is 0 Å². The number of rotatable bonds is 11. The summed E-state index contributed by atoms with van der Waals surface area (Å²) < 4.78 is 0. The summed E-state index contributed by atoms with van der Waals surface area (Å²) in [6.07, 6.45) is -3.67. The van der Waals surface area contributed by atoms with Crippen LogP contribution in [0.15, 0.2) is 243 Å². The average Bonchev–Trinajstić information content (AvgIpc) is 3.26. The quantitative estimate of drug-likeness (QED) is 0.0773. The second-order valence-electron chi connectivity index (χ2n) is 13.8. The molecule has 0 saturated carbocycles. The molecule has 8 aromatic rings. The van der Waals surface area contributed by atoms with Gasteiger partial charge in [0, 0.05) is 0 Å². The van der Waals surface area contributed by atoms with Gasteiger partial charge in [0.1, 0.15) is 14.7 Å². The van der Waals surface area contributed by atoms with Crippen molar-refractivity contribution in [2.24, 2.45) is 0 Å². The SMILES string of the molecule is Cl[Si](Cl)(c1ccccc1)[Si](c1ccccc1)(c1ccccc1)[Si](c1ccccc1)(c1ccccc1)[Si](c1ccccc1)(c1ccccc1)c1ccccc1. The normalized spacial score (nSPS) is 12.3. The van der Waals surface area contributed by atoms with Crippen LogP contribution in [0.1, 0.15) is 0 Å². The monoisotopic (exact) mass is 798 g/mol. The highest BCUT2D eigenvalue weighted by Crippen LogP contribution is 2.39. The maximum atomic E-state index is 8.83. The third kappa shape index (κ3) is 5.60. The molecule has 262 valence electrons. The lowest BCUT2D eigenvalue weighted by Gasteiger charge is -2.61. The minimum Gasteiger partial charge on any atom is -0.143 e. The molecule has 0 aliphatic carbocycles. The van der Waals surface area contributed by atoms with Crippen LogP contribution in [0.25, 0.3) is 0 Å². The van der Waals surface area contributed by atoms with Crippen LogP contribution < -0.4 is 41.5 Å². The molecule has 0 N–H and O–H groups in total. The van der Waals surface area contributed by atoms with Crippen LogP contribution in [0, 0.1) is 0 Å². The molecule has 54 heavy (non-hydrogen) atoms. The minimum absolute atomic E-state index is 1.05. The van der Waals surface area contributed by atoms with Gasteiger partial charge in [-0.15, -0.1) is 22.2 Å². The Balaban J connectivity index is 1.80. The highest BCUT2D eigenvalue weighted by molar-refractivity contribution is 8.07. The maximum absolute atomic E-state index is 8.83. The Morgan fingerprint density at radius 1 is 0.204 bits per heavy atom. The molecule has 0 aliphatic heterocycles. The molecule has 6 heteroatoms. The summed E-state index contributed by atoms with van der Waals surface area (Å²) in [4.78, 5) is 0. The lowest BCUT2D eigenvalue weighted by molar-refractivity contribution is 1.68. The molecule has 0 aliphatic rings. The largest absolute Gasteiger partial charge is 0.275 e. The van der Waals surface area contributed by atoms with Crippen molar-refractivity contribution in [2.75, 3.05) is 0 Å². The Kier molecular flexibility index (Phi) is 10.4. The Labute approximate surface area is 332 Å². The maximum Gasteiger partial charge on any atom is 0.275 e. The van der Waals surface area contributed by atoms with E-state index in [4.69, 9.17) is 22.2 Å². The van der Waals surface area contributed by atoms with Gasteiger partial charge in [-0.3, -0.25) is 0 Å². The summed E-state index contributed by atoms with van der Waals surface area (Å²) in [5, 5.41) is 10.4. The summed E-state index contributed by atoms with van der Waals surface area (Å²) >= 11 is 17.7. The summed E-state index contributed by atoms with van der Waals surface area (Å²) in [6, 6.07) is 90.5. The molecule has 0 amide bonds. The fourth-order valence-electron chi connectivity index (χ4n) is 9.34. The number of hydrogen-bond donors (Lipinski definition) is 0. The highest BCUT2D eigenvalue weighted by atomic mass is 35.7. The third-order valence-electron chi connectivity index (χ3n) is 11.2. The van der Waals surface area contributed by atoms with Crippen molar-refractivity contribution in [1.82, 2.24) is 0 Å². The molecule has 0 nitrogen and oxygen atoms in total. The zero-order chi connectivity index (χ0) is 36.9. The van der Waals surface area contributed by atoms with Crippen LogP contribution in [0.4, 0.5) is 0 Å². The van der Waals surface area contributed by atoms with Gasteiger partial charge in [-0.05, 0) is 5.19 Å². The Bertz CT molecular complexity index is 2210. The van der Waals surface area contributed by atoms with Gasteiger partial charge in [-0.1, -0.05) is 279 Å². The molecule has 0 aromatic heterocycles. The molecule has 0 unspecified atom stereocenters. The van der Waals surface area contributed by atoms with E-state index in [0.717, 1.165) is 5.19 Å². The zero-order valence-corrected chi connectivity index (χ0v) is 35.4. The summed E-state index contributed by atoms with van der Waals surface area (Å²) in [5.41, 5.74) is 0. The van der Waals surface area contributed by atoms with E-state index in [0.29, 0.717) is 0 Å². The molecule has 0 heterocycles. The first-order chi connectivity index (χ1) is 26.6. The molecule has 0 spiro atoms. The summed E-state index contributed by atoms with van der Waals surface area (Å²) in [7, 11) is -10.5. The molecule has 0 radical (unpaired) electrons. The Morgan fingerprint density at radius 3 is 0.630 bits per heavy atom. The molecule has 8 aromatic carbocycles. The molecule has 8 rings (SSSR count). The van der Waals surface area contributed by atoms with Gasteiger partial charge in [-0.25, -0.2) is 0 Å². The van der Waals surface area contributed by atoms with Gasteiger partial charge in [0.05, 0.1) is 0 Å². The van der Waals surface area contributed by atoms with Gasteiger partial charge in [-0.2, -0.15) is 0 Å². The number of benzene rings is 8. The van der Waals surface area contributed by atoms with E-state index in [1.54, 1.807) is 0 Å². The van der Waals surface area contributed by atoms with Crippen molar-refractivity contribution in [3.63, 3.8) is 0 Å². The van der Waals surface area contributed by atoms with Crippen LogP contribution in [-0.2, 0) is 0 Å². The second kappa shape index (κ2) is 15.5. The minimum atomic E-state index is -3.67. The first-order valence-corrected chi connectivity index (χ1v) is 31.4. The summed E-state index contributed by atoms with van der Waals surface area (Å²) in [6.45, 7) is 0. The fraction of sp³-hybridized carbons (Fsp3) is 0. The molecule has 0 atom stereocenters. The van der Waals surface area contributed by atoms with Crippen molar-refractivity contribution in [2.45, 2.75) is 0 Å². The fourth-order valence-corrected chi connectivity index (χ4v) is 93.3. The van der Waals surface area contributed by atoms with Crippen LogP contribution in [0.2, 0.25) is 0 Å². The van der Waals surface area contributed by atoms with Crippen molar-refractivity contribution >= 4 is 91.7 Å². The Morgan fingerprint density at radius 2 is 0.389 bits per heavy atom. The van der Waals surface area contributed by atoms with Crippen molar-refractivity contribution in [1.29, 1.82) is 0 Å². The first-order valence-electron chi connectivity index (χ1n) is 18.4. The van der Waals surface area contributed by atoms with Crippen LogP contribution in [0.5, 0.6) is 0 Å². The predicted octanol–water partition coefficient (Wildman–Crippen LogP) is 6.75. The van der Waals surface area contributed by atoms with Gasteiger partial charge in [0.15, 0.2) is 7.11 Å². The van der Waals surface area contributed by atoms with Crippen molar-refractivity contribution in [3.05, 3.63) is 243 Å². The molecule has 0 bridgehead atoms. The van der Waals surface area contributed by atoms with Gasteiger partial charge >= 0.3 is 0 Å². The van der Waals surface area contributed by atoms with E-state index >= 15 is 0 Å². The van der Waals surface area contributed by atoms with Gasteiger partial charge in [0.25, 0.3) is 6.21 Å². The van der Waals surface area contributed by atoms with Gasteiger partial charge < -0.3 is 0 Å². The molecule has 0 fully saturated rings. The standard InChI is InChI=1S/C48H40Cl2Si4/c49-54(50,48-39-23-8-24-40-48)53(46-35-19-6-20-36-46,47-37-21-7-22-38-47)52(44-31-15-4-16-32-44,45-33-17-5-18-34-45)51(41-25-9-1-10-26-41,42-27-11-2-12-28-42)43-29-13-3-14-30-43/h1-40H. The molecular weight excluding hydrogens is 760 g/mol. The van der Waals surface area contributed by atoms with E-state index in [2.05, 4.69) is 243 Å². The molecular formula is C48H40Cl2Si4. The van der Waals surface area contributed by atoms with E-state index < -0.39 is 28.0 Å². The smallest absolute Gasteiger partial charge is 0.143 e. The number of hydrogen-bond acceptors (Lipinski definition) is 0. The first kappa shape index (κ1) is 36.2. The zero-order valence-electron chi connectivity index (χ0n) is 29.8. The van der Waals surface area contributed by atoms with Crippen LogP contribution in [-0.4, -0.2) is 28.0 Å². The molecule has 0 saturated heterocycles. The average molecular weight is 800 g/mol. The van der Waals surface area contributed by atoms with E-state index in [1.807, 2.05) is 0 Å². The van der Waals surface area contributed by atoms with E-state index in [-0.39, 0.29) is 0 Å². The lowest BCUT2D eigenvalue weighted by Crippen LogP contribution is -3.06. The third-order valence-corrected chi connectivity index (χ3v) is 68.8. The topological polar surface area (TPSA) is 0 Å². The van der Waals surface area contributed by atoms with Gasteiger partial charge in [0.2, 0.25) is 0 Å². The van der Waals surface area contributed by atoms with E-state index in [1.165, 1.54) is 36.3 Å². The predicted molar refractivity (Wildman–Crippen MR) is 243 cm³/mol. The summed E-state index contributed by atoms with van der Waals surface area (Å²) in [5.74, 6) is 0. The lowest BCUT2D eigenvalue weighted by atomic mass is 10.3.